The van der Waals surface area contributed by atoms with E-state index in [9.17, 15) is 15.2 Å². The van der Waals surface area contributed by atoms with E-state index in [1.807, 2.05) is 73.9 Å². The zero-order valence-electron chi connectivity index (χ0n) is 25.5. The summed E-state index contributed by atoms with van der Waals surface area (Å²) in [4.78, 5) is 24.0. The summed E-state index contributed by atoms with van der Waals surface area (Å²) in [6.07, 6.45) is 3.98. The minimum absolute atomic E-state index is 0.371. The van der Waals surface area contributed by atoms with Crippen LogP contribution in [0.1, 0.15) is 56.9 Å². The number of pyridine rings is 1. The number of aliphatic hydroxyl groups excluding tert-OH is 1. The van der Waals surface area contributed by atoms with E-state index in [-0.39, 0.29) is 0 Å². The average molecular weight is 596 g/mol. The Hall–Kier alpha value is -4.46. The predicted octanol–water partition coefficient (Wildman–Crippen LogP) is 5.71. The molecule has 10 heteroatoms. The number of fused-ring (bicyclic) bond motifs is 1. The van der Waals surface area contributed by atoms with Crippen LogP contribution in [0.15, 0.2) is 67.1 Å². The van der Waals surface area contributed by atoms with Crippen LogP contribution < -0.4 is 9.64 Å². The van der Waals surface area contributed by atoms with Crippen molar-refractivity contribution in [2.24, 2.45) is 5.41 Å². The largest absolute Gasteiger partial charge is 0.497 e. The second-order valence-corrected chi connectivity index (χ2v) is 12.8. The number of ether oxygens (including phenoxy) is 3. The summed E-state index contributed by atoms with van der Waals surface area (Å²) in [6.45, 7) is 7.23. The van der Waals surface area contributed by atoms with Crippen LogP contribution in [-0.2, 0) is 28.2 Å². The van der Waals surface area contributed by atoms with Gasteiger partial charge in [0.2, 0.25) is 0 Å². The van der Waals surface area contributed by atoms with E-state index in [1.54, 1.807) is 30.6 Å². The molecule has 10 nitrogen and oxygen atoms in total. The van der Waals surface area contributed by atoms with Gasteiger partial charge in [-0.1, -0.05) is 19.1 Å². The molecule has 0 unspecified atom stereocenters. The molecule has 2 aromatic carbocycles. The van der Waals surface area contributed by atoms with E-state index in [1.165, 1.54) is 0 Å². The van der Waals surface area contributed by atoms with Crippen LogP contribution in [0.3, 0.4) is 0 Å². The van der Waals surface area contributed by atoms with E-state index in [0.29, 0.717) is 50.2 Å². The smallest absolute Gasteiger partial charge is 0.415 e. The maximum Gasteiger partial charge on any atom is 0.415 e. The van der Waals surface area contributed by atoms with Crippen molar-refractivity contribution in [1.29, 1.82) is 5.26 Å². The number of amides is 1. The summed E-state index contributed by atoms with van der Waals surface area (Å²) in [7, 11) is 1.64. The first-order chi connectivity index (χ1) is 21.0. The topological polar surface area (TPSA) is 123 Å². The normalized spacial score (nSPS) is 23.6. The van der Waals surface area contributed by atoms with Gasteiger partial charge in [-0.25, -0.2) is 9.78 Å². The van der Waals surface area contributed by atoms with Crippen molar-refractivity contribution in [2.45, 2.75) is 70.5 Å². The maximum atomic E-state index is 13.2. The van der Waals surface area contributed by atoms with Crippen LogP contribution in [0, 0.1) is 16.7 Å². The summed E-state index contributed by atoms with van der Waals surface area (Å²) in [5, 5.41) is 20.5. The van der Waals surface area contributed by atoms with Gasteiger partial charge in [0, 0.05) is 12.0 Å². The Morgan fingerprint density at radius 3 is 2.66 bits per heavy atom. The molecule has 44 heavy (non-hydrogen) atoms. The third-order valence-corrected chi connectivity index (χ3v) is 9.09. The molecule has 2 aliphatic rings. The van der Waals surface area contributed by atoms with E-state index >= 15 is 0 Å². The van der Waals surface area contributed by atoms with E-state index in [2.05, 4.69) is 16.0 Å². The van der Waals surface area contributed by atoms with Crippen molar-refractivity contribution in [2.75, 3.05) is 18.6 Å². The molecular weight excluding hydrogens is 558 g/mol. The van der Waals surface area contributed by atoms with Gasteiger partial charge in [-0.2, -0.15) is 5.26 Å². The lowest BCUT2D eigenvalue weighted by atomic mass is 9.66. The van der Waals surface area contributed by atoms with Gasteiger partial charge in [0.25, 0.3) is 0 Å². The highest BCUT2D eigenvalue weighted by atomic mass is 16.6. The van der Waals surface area contributed by atoms with Crippen molar-refractivity contribution >= 4 is 22.8 Å². The van der Waals surface area contributed by atoms with Crippen molar-refractivity contribution in [3.05, 3.63) is 83.9 Å². The monoisotopic (exact) mass is 595 g/mol. The number of aromatic nitrogens is 3. The highest BCUT2D eigenvalue weighted by Gasteiger charge is 2.54. The molecule has 1 saturated heterocycles. The number of nitrogens with zero attached hydrogens (tertiary/aromatic N) is 5. The molecule has 2 fully saturated rings. The lowest BCUT2D eigenvalue weighted by Crippen LogP contribution is -2.51. The minimum atomic E-state index is -0.737. The van der Waals surface area contributed by atoms with Crippen LogP contribution in [-0.4, -0.2) is 51.1 Å². The number of carbonyl (C=O) groups excluding carboxylic acids is 1. The predicted molar refractivity (Wildman–Crippen MR) is 164 cm³/mol. The highest BCUT2D eigenvalue weighted by molar-refractivity contribution is 5.90. The fourth-order valence-electron chi connectivity index (χ4n) is 6.50. The number of aliphatic hydroxyl groups is 1. The fourth-order valence-corrected chi connectivity index (χ4v) is 6.50. The molecule has 228 valence electrons. The Labute approximate surface area is 256 Å². The van der Waals surface area contributed by atoms with Crippen LogP contribution in [0.2, 0.25) is 0 Å². The van der Waals surface area contributed by atoms with Gasteiger partial charge in [-0.15, -0.1) is 0 Å². The third kappa shape index (κ3) is 5.61. The zero-order valence-corrected chi connectivity index (χ0v) is 25.5. The number of hydrogen-bond acceptors (Lipinski definition) is 8. The molecule has 1 aliphatic heterocycles. The molecule has 3 atom stereocenters. The number of nitriles is 1. The molecule has 2 aromatic heterocycles. The average Bonchev–Trinajstić information content (AvgIpc) is 3.57. The quantitative estimate of drug-likeness (QED) is 0.275. The first-order valence-corrected chi connectivity index (χ1v) is 14.8. The summed E-state index contributed by atoms with van der Waals surface area (Å²) >= 11 is 0. The molecule has 6 rings (SSSR count). The van der Waals surface area contributed by atoms with Crippen molar-refractivity contribution in [3.63, 3.8) is 0 Å². The second kappa shape index (κ2) is 11.2. The summed E-state index contributed by atoms with van der Waals surface area (Å²) in [6, 6.07) is 19.1. The summed E-state index contributed by atoms with van der Waals surface area (Å²) in [5.41, 5.74) is 2.63. The first kappa shape index (κ1) is 29.6. The molecule has 3 heterocycles. The Morgan fingerprint density at radius 2 is 1.95 bits per heavy atom. The van der Waals surface area contributed by atoms with Gasteiger partial charge in [0.15, 0.2) is 0 Å². The van der Waals surface area contributed by atoms with E-state index in [4.69, 9.17) is 14.2 Å². The summed E-state index contributed by atoms with van der Waals surface area (Å²) < 4.78 is 19.5. The minimum Gasteiger partial charge on any atom is -0.497 e. The molecule has 4 aromatic rings. The lowest BCUT2D eigenvalue weighted by molar-refractivity contribution is -0.0944. The highest BCUT2D eigenvalue weighted by Crippen LogP contribution is 2.48. The van der Waals surface area contributed by atoms with E-state index in [0.717, 1.165) is 28.0 Å². The molecule has 1 N–H and O–H groups in total. The van der Waals surface area contributed by atoms with Crippen LogP contribution in [0.4, 0.5) is 10.5 Å². The molecule has 1 saturated carbocycles. The van der Waals surface area contributed by atoms with Gasteiger partial charge < -0.3 is 23.9 Å². The van der Waals surface area contributed by atoms with Gasteiger partial charge in [0.1, 0.15) is 17.0 Å². The van der Waals surface area contributed by atoms with Crippen molar-refractivity contribution in [1.82, 2.24) is 14.5 Å². The van der Waals surface area contributed by atoms with Gasteiger partial charge >= 0.3 is 6.09 Å². The Bertz CT molecular complexity index is 1710. The number of benzene rings is 2. The molecule has 1 aliphatic carbocycles. The molecule has 0 radical (unpaired) electrons. The molecule has 0 bridgehead atoms. The van der Waals surface area contributed by atoms with Gasteiger partial charge in [-0.3, -0.25) is 9.88 Å². The van der Waals surface area contributed by atoms with Crippen molar-refractivity contribution < 1.29 is 24.1 Å². The number of rotatable bonds is 8. The Balaban J connectivity index is 1.15. The maximum absolute atomic E-state index is 13.2. The SMILES string of the molecule is COc1ccc(COC(C)(C)c2ccc(N3C[C@]4(CC[C@@H](O)[C@](C)(Cn5cnc6ccc(C#N)cc65)C4)OC3=O)cn2)cc1. The summed E-state index contributed by atoms with van der Waals surface area (Å²) in [5.74, 6) is 0.795. The Kier molecular flexibility index (Phi) is 7.56. The van der Waals surface area contributed by atoms with E-state index < -0.39 is 28.8 Å². The number of hydrogen-bond donors (Lipinski definition) is 1. The molecular formula is C34H37N5O5. The van der Waals surface area contributed by atoms with Gasteiger partial charge in [0.05, 0.1) is 72.9 Å². The number of anilines is 1. The van der Waals surface area contributed by atoms with Crippen LogP contribution in [0.5, 0.6) is 5.75 Å². The second-order valence-electron chi connectivity index (χ2n) is 12.8. The van der Waals surface area contributed by atoms with Crippen LogP contribution in [0.25, 0.3) is 11.0 Å². The first-order valence-electron chi connectivity index (χ1n) is 14.8. The lowest BCUT2D eigenvalue weighted by Gasteiger charge is -2.46. The number of methoxy groups -OCH3 is 1. The Morgan fingerprint density at radius 1 is 1.16 bits per heavy atom. The number of carbonyl (C=O) groups is 1. The standard InChI is InChI=1S/C34H37N5O5/c1-32(2,43-18-23-5-9-26(42-4)10-6-23)29-12-8-25(17-36-29)39-21-34(44-31(39)41)14-13-30(40)33(3,19-34)20-38-22-37-27-11-7-24(16-35)15-28(27)38/h5-12,15,17,22,30,40H,13-14,18-21H2,1-4H3/t30-,33+,34-/m1/s1. The number of imidazole rings is 1. The fraction of sp³-hybridized carbons (Fsp3) is 0.412. The van der Waals surface area contributed by atoms with Crippen molar-refractivity contribution in [3.8, 4) is 11.8 Å². The zero-order chi connectivity index (χ0) is 31.1. The van der Waals surface area contributed by atoms with Crippen LogP contribution >= 0.6 is 0 Å². The molecule has 1 amide bonds. The third-order valence-electron chi connectivity index (χ3n) is 9.09. The van der Waals surface area contributed by atoms with Gasteiger partial charge in [-0.05, 0) is 81.1 Å². The molecule has 1 spiro atoms.